The van der Waals surface area contributed by atoms with E-state index >= 15 is 0 Å². The summed E-state index contributed by atoms with van der Waals surface area (Å²) in [6, 6.07) is 6.62. The fraction of sp³-hybridized carbons (Fsp3) is 0.500. The van der Waals surface area contributed by atoms with E-state index in [1.54, 1.807) is 13.4 Å². The molecular formula is C30H38N4O2. The molecule has 0 radical (unpaired) electrons. The van der Waals surface area contributed by atoms with Gasteiger partial charge in [0.05, 0.1) is 19.4 Å². The Morgan fingerprint density at radius 1 is 1.22 bits per heavy atom. The van der Waals surface area contributed by atoms with Crippen molar-refractivity contribution in [1.29, 1.82) is 0 Å². The molecule has 190 valence electrons. The summed E-state index contributed by atoms with van der Waals surface area (Å²) in [4.78, 5) is 16.3. The molecule has 0 saturated heterocycles. The molecule has 1 unspecified atom stereocenters. The quantitative estimate of drug-likeness (QED) is 0.548. The zero-order valence-electron chi connectivity index (χ0n) is 22.3. The van der Waals surface area contributed by atoms with Crippen molar-refractivity contribution in [3.05, 3.63) is 64.8 Å². The summed E-state index contributed by atoms with van der Waals surface area (Å²) < 4.78 is 11.9. The summed E-state index contributed by atoms with van der Waals surface area (Å²) in [5.41, 5.74) is 7.38. The SMILES string of the molecule is CN=C1/C=C(/c2ccc3c(c2)CN(c2ncnc4c2CC(C)(C)CC4)CCO3)CC(C)CC=C1OC. The van der Waals surface area contributed by atoms with Crippen molar-refractivity contribution in [3.8, 4) is 5.75 Å². The van der Waals surface area contributed by atoms with Crippen molar-refractivity contribution in [2.45, 2.75) is 59.4 Å². The lowest BCUT2D eigenvalue weighted by molar-refractivity contribution is 0.310. The van der Waals surface area contributed by atoms with Crippen molar-refractivity contribution < 1.29 is 9.47 Å². The van der Waals surface area contributed by atoms with Crippen LogP contribution in [0.1, 0.15) is 62.4 Å². The third-order valence-corrected chi connectivity index (χ3v) is 7.71. The number of ether oxygens (including phenoxy) is 2. The lowest BCUT2D eigenvalue weighted by Gasteiger charge is -2.33. The second-order valence-corrected chi connectivity index (χ2v) is 11.2. The van der Waals surface area contributed by atoms with E-state index in [1.165, 1.54) is 34.4 Å². The molecule has 2 aliphatic carbocycles. The van der Waals surface area contributed by atoms with Gasteiger partial charge < -0.3 is 14.4 Å². The number of hydrogen-bond donors (Lipinski definition) is 0. The maximum atomic E-state index is 6.21. The number of rotatable bonds is 3. The fourth-order valence-electron chi connectivity index (χ4n) is 5.64. The highest BCUT2D eigenvalue weighted by molar-refractivity contribution is 6.11. The van der Waals surface area contributed by atoms with Gasteiger partial charge in [-0.3, -0.25) is 4.99 Å². The molecule has 2 aromatic rings. The Hall–Kier alpha value is -3.15. The zero-order chi connectivity index (χ0) is 25.3. The van der Waals surface area contributed by atoms with Crippen molar-refractivity contribution in [1.82, 2.24) is 9.97 Å². The largest absolute Gasteiger partial charge is 0.495 e. The van der Waals surface area contributed by atoms with Gasteiger partial charge in [0.15, 0.2) is 0 Å². The number of aliphatic imine (C=N–C) groups is 1. The first-order valence-electron chi connectivity index (χ1n) is 13.1. The van der Waals surface area contributed by atoms with Crippen LogP contribution in [0.2, 0.25) is 0 Å². The van der Waals surface area contributed by atoms with Crippen LogP contribution in [0, 0.1) is 11.3 Å². The number of benzene rings is 1. The monoisotopic (exact) mass is 486 g/mol. The van der Waals surface area contributed by atoms with Gasteiger partial charge >= 0.3 is 0 Å². The minimum Gasteiger partial charge on any atom is -0.495 e. The van der Waals surface area contributed by atoms with Crippen LogP contribution in [0.15, 0.2) is 47.4 Å². The number of methoxy groups -OCH3 is 1. The molecular weight excluding hydrogens is 448 g/mol. The first kappa shape index (κ1) is 24.5. The number of allylic oxidation sites excluding steroid dienone is 3. The van der Waals surface area contributed by atoms with Crippen LogP contribution in [0.3, 0.4) is 0 Å². The van der Waals surface area contributed by atoms with Crippen LogP contribution in [-0.2, 0) is 24.1 Å². The summed E-state index contributed by atoms with van der Waals surface area (Å²) >= 11 is 0. The van der Waals surface area contributed by atoms with Gasteiger partial charge in [-0.15, -0.1) is 0 Å². The second-order valence-electron chi connectivity index (χ2n) is 11.2. The Morgan fingerprint density at radius 2 is 2.08 bits per heavy atom. The number of anilines is 1. The Morgan fingerprint density at radius 3 is 2.89 bits per heavy atom. The third kappa shape index (κ3) is 5.04. The highest BCUT2D eigenvalue weighted by atomic mass is 16.5. The normalized spacial score (nSPS) is 24.2. The molecule has 6 nitrogen and oxygen atoms in total. The molecule has 0 spiro atoms. The maximum absolute atomic E-state index is 6.21. The van der Waals surface area contributed by atoms with Gasteiger partial charge in [-0.25, -0.2) is 9.97 Å². The minimum atomic E-state index is 0.273. The van der Waals surface area contributed by atoms with Crippen molar-refractivity contribution >= 4 is 17.1 Å². The molecule has 0 saturated carbocycles. The summed E-state index contributed by atoms with van der Waals surface area (Å²) in [7, 11) is 3.55. The van der Waals surface area contributed by atoms with Gasteiger partial charge in [0.25, 0.3) is 0 Å². The van der Waals surface area contributed by atoms with E-state index in [2.05, 4.69) is 66.0 Å². The first-order valence-corrected chi connectivity index (χ1v) is 13.1. The number of aryl methyl sites for hydroxylation is 1. The lowest BCUT2D eigenvalue weighted by Crippen LogP contribution is -2.31. The van der Waals surface area contributed by atoms with E-state index < -0.39 is 0 Å². The van der Waals surface area contributed by atoms with Crippen LogP contribution in [0.4, 0.5) is 5.82 Å². The molecule has 0 bridgehead atoms. The molecule has 1 aromatic heterocycles. The van der Waals surface area contributed by atoms with E-state index in [0.717, 1.165) is 61.8 Å². The number of fused-ring (bicyclic) bond motifs is 2. The molecule has 2 heterocycles. The van der Waals surface area contributed by atoms with Gasteiger partial charge in [-0.1, -0.05) is 26.8 Å². The first-order chi connectivity index (χ1) is 17.4. The van der Waals surface area contributed by atoms with E-state index in [0.29, 0.717) is 12.5 Å². The topological polar surface area (TPSA) is 59.8 Å². The smallest absolute Gasteiger partial charge is 0.140 e. The van der Waals surface area contributed by atoms with Crippen molar-refractivity contribution in [3.63, 3.8) is 0 Å². The molecule has 1 aliphatic heterocycles. The number of nitrogens with zero attached hydrogens (tertiary/aromatic N) is 4. The number of hydrogen-bond acceptors (Lipinski definition) is 6. The van der Waals surface area contributed by atoms with Gasteiger partial charge in [-0.05, 0) is 78.9 Å². The van der Waals surface area contributed by atoms with Gasteiger partial charge in [0.1, 0.15) is 30.3 Å². The summed E-state index contributed by atoms with van der Waals surface area (Å²) in [5, 5.41) is 0. The van der Waals surface area contributed by atoms with Gasteiger partial charge in [0, 0.05) is 30.4 Å². The Balaban J connectivity index is 1.49. The molecule has 0 fully saturated rings. The van der Waals surface area contributed by atoms with Gasteiger partial charge in [0.2, 0.25) is 0 Å². The van der Waals surface area contributed by atoms with Crippen molar-refractivity contribution in [2.24, 2.45) is 16.3 Å². The predicted octanol–water partition coefficient (Wildman–Crippen LogP) is 5.80. The van der Waals surface area contributed by atoms with Crippen molar-refractivity contribution in [2.75, 3.05) is 32.2 Å². The van der Waals surface area contributed by atoms with Crippen LogP contribution in [0.5, 0.6) is 5.75 Å². The van der Waals surface area contributed by atoms with Crippen LogP contribution < -0.4 is 9.64 Å². The molecule has 0 amide bonds. The standard InChI is InChI=1S/C30H38N4O2/c1-20-6-8-28(35-5)26(31-4)16-22(14-20)21-7-9-27-23(15-21)18-34(12-13-36-27)29-24-17-30(2,3)11-10-25(24)32-19-33-29/h7-9,15-16,19-20H,6,10-14,17-18H2,1-5H3/b22-16+,28-8?,31-26?. The summed E-state index contributed by atoms with van der Waals surface area (Å²) in [6.45, 7) is 9.21. The molecule has 6 heteroatoms. The Bertz CT molecular complexity index is 1230. The molecule has 3 aliphatic rings. The molecule has 1 aromatic carbocycles. The third-order valence-electron chi connectivity index (χ3n) is 7.71. The number of aromatic nitrogens is 2. The van der Waals surface area contributed by atoms with E-state index in [4.69, 9.17) is 14.5 Å². The Kier molecular flexibility index (Phi) is 6.87. The summed E-state index contributed by atoms with van der Waals surface area (Å²) in [5.74, 6) is 3.40. The molecule has 0 N–H and O–H groups in total. The minimum absolute atomic E-state index is 0.273. The molecule has 5 rings (SSSR count). The van der Waals surface area contributed by atoms with Crippen LogP contribution >= 0.6 is 0 Å². The molecule has 36 heavy (non-hydrogen) atoms. The highest BCUT2D eigenvalue weighted by Crippen LogP contribution is 2.39. The van der Waals surface area contributed by atoms with E-state index in [9.17, 15) is 0 Å². The fourth-order valence-corrected chi connectivity index (χ4v) is 5.64. The molecule has 1 atom stereocenters. The van der Waals surface area contributed by atoms with Crippen LogP contribution in [0.25, 0.3) is 5.57 Å². The highest BCUT2D eigenvalue weighted by Gasteiger charge is 2.30. The zero-order valence-corrected chi connectivity index (χ0v) is 22.3. The van der Waals surface area contributed by atoms with Gasteiger partial charge in [-0.2, -0.15) is 0 Å². The van der Waals surface area contributed by atoms with E-state index in [1.807, 2.05) is 7.05 Å². The Labute approximate surface area is 215 Å². The van der Waals surface area contributed by atoms with E-state index in [-0.39, 0.29) is 5.41 Å². The lowest BCUT2D eigenvalue weighted by atomic mass is 9.76. The second kappa shape index (κ2) is 10.1. The average molecular weight is 487 g/mol. The van der Waals surface area contributed by atoms with Crippen LogP contribution in [-0.4, -0.2) is 43.0 Å². The predicted molar refractivity (Wildman–Crippen MR) is 146 cm³/mol. The summed E-state index contributed by atoms with van der Waals surface area (Å²) in [6.07, 6.45) is 11.3. The maximum Gasteiger partial charge on any atom is 0.140 e. The average Bonchev–Trinajstić information content (AvgIpc) is 3.07.